The minimum atomic E-state index is -1.02. The van der Waals surface area contributed by atoms with E-state index in [4.69, 9.17) is 5.73 Å². The van der Waals surface area contributed by atoms with Crippen LogP contribution in [0.1, 0.15) is 4.88 Å². The minimum absolute atomic E-state index is 0.541. The molecule has 0 aliphatic heterocycles. The van der Waals surface area contributed by atoms with E-state index in [1.165, 1.54) is 0 Å². The molecule has 0 fully saturated rings. The van der Waals surface area contributed by atoms with Crippen molar-refractivity contribution in [3.05, 3.63) is 45.1 Å². The zero-order chi connectivity index (χ0) is 11.5. The van der Waals surface area contributed by atoms with Crippen LogP contribution >= 0.6 is 27.3 Å². The first-order chi connectivity index (χ1) is 7.65. The van der Waals surface area contributed by atoms with Gasteiger partial charge in [0.05, 0.1) is 20.3 Å². The summed E-state index contributed by atoms with van der Waals surface area (Å²) in [6.45, 7) is 0. The van der Waals surface area contributed by atoms with Crippen LogP contribution in [0, 0.1) is 0 Å². The van der Waals surface area contributed by atoms with Crippen molar-refractivity contribution in [2.24, 2.45) is 0 Å². The predicted molar refractivity (Wildman–Crippen MR) is 73.0 cm³/mol. The van der Waals surface area contributed by atoms with E-state index in [-0.39, 0.29) is 0 Å². The molecule has 2 nitrogen and oxygen atoms in total. The van der Waals surface area contributed by atoms with Crippen LogP contribution in [0.2, 0.25) is 0 Å². The summed E-state index contributed by atoms with van der Waals surface area (Å²) in [6, 6.07) is 11.2. The lowest BCUT2D eigenvalue weighted by molar-refractivity contribution is 0.683. The van der Waals surface area contributed by atoms with Crippen molar-refractivity contribution in [3.8, 4) is 0 Å². The highest BCUT2D eigenvalue weighted by molar-refractivity contribution is 9.11. The second kappa shape index (κ2) is 5.12. The van der Waals surface area contributed by atoms with Crippen molar-refractivity contribution in [3.63, 3.8) is 0 Å². The molecule has 0 bridgehead atoms. The van der Waals surface area contributed by atoms with E-state index in [0.717, 1.165) is 13.6 Å². The molecular formula is C11H10BrNOS2. The van der Waals surface area contributed by atoms with Gasteiger partial charge in [0.25, 0.3) is 0 Å². The van der Waals surface area contributed by atoms with Gasteiger partial charge in [-0.2, -0.15) is 0 Å². The summed E-state index contributed by atoms with van der Waals surface area (Å²) >= 11 is 5.00. The third-order valence-corrected chi connectivity index (χ3v) is 5.18. The summed E-state index contributed by atoms with van der Waals surface area (Å²) in [5.74, 6) is 0.541. The molecule has 0 radical (unpaired) electrons. The van der Waals surface area contributed by atoms with Crippen molar-refractivity contribution in [2.75, 3.05) is 5.73 Å². The number of thiophene rings is 1. The second-order valence-corrected chi connectivity index (χ2v) is 7.27. The third kappa shape index (κ3) is 2.93. The summed E-state index contributed by atoms with van der Waals surface area (Å²) in [6.07, 6.45) is 0. The van der Waals surface area contributed by atoms with Gasteiger partial charge in [-0.15, -0.1) is 11.3 Å². The summed E-state index contributed by atoms with van der Waals surface area (Å²) in [7, 11) is -1.02. The Balaban J connectivity index is 2.14. The van der Waals surface area contributed by atoms with Crippen LogP contribution in [-0.4, -0.2) is 4.21 Å². The Kier molecular flexibility index (Phi) is 3.78. The standard InChI is InChI=1S/C11H10BrNOS2/c12-11-5-4-9(15-11)7-16(14)10-3-1-2-8(13)6-10/h1-6H,7,13H2. The molecule has 5 heteroatoms. The first kappa shape index (κ1) is 11.8. The molecule has 0 saturated heterocycles. The molecule has 2 aromatic rings. The normalized spacial score (nSPS) is 12.6. The summed E-state index contributed by atoms with van der Waals surface area (Å²) in [4.78, 5) is 1.89. The Morgan fingerprint density at radius 1 is 1.31 bits per heavy atom. The van der Waals surface area contributed by atoms with Crippen LogP contribution in [0.15, 0.2) is 45.1 Å². The fraction of sp³-hybridized carbons (Fsp3) is 0.0909. The average molecular weight is 316 g/mol. The molecule has 0 saturated carbocycles. The molecule has 0 amide bonds. The molecule has 2 N–H and O–H groups in total. The van der Waals surface area contributed by atoms with Gasteiger partial charge in [-0.3, -0.25) is 4.21 Å². The van der Waals surface area contributed by atoms with Crippen LogP contribution in [-0.2, 0) is 16.6 Å². The van der Waals surface area contributed by atoms with Gasteiger partial charge in [0.2, 0.25) is 0 Å². The van der Waals surface area contributed by atoms with Gasteiger partial charge < -0.3 is 5.73 Å². The highest BCUT2D eigenvalue weighted by Crippen LogP contribution is 2.24. The van der Waals surface area contributed by atoms with E-state index in [1.54, 1.807) is 23.5 Å². The molecule has 1 heterocycles. The molecule has 0 aliphatic rings. The molecule has 0 aliphatic carbocycles. The maximum Gasteiger partial charge on any atom is 0.0701 e. The number of anilines is 1. The Morgan fingerprint density at radius 2 is 2.12 bits per heavy atom. The maximum absolute atomic E-state index is 12.0. The quantitative estimate of drug-likeness (QED) is 0.882. The van der Waals surface area contributed by atoms with E-state index < -0.39 is 10.8 Å². The topological polar surface area (TPSA) is 43.1 Å². The lowest BCUT2D eigenvalue weighted by Crippen LogP contribution is -1.95. The number of nitrogens with two attached hydrogens (primary N) is 1. The molecule has 1 aromatic heterocycles. The van der Waals surface area contributed by atoms with Gasteiger partial charge in [-0.1, -0.05) is 6.07 Å². The highest BCUT2D eigenvalue weighted by Gasteiger charge is 2.07. The number of benzene rings is 1. The average Bonchev–Trinajstić information content (AvgIpc) is 2.64. The molecule has 1 atom stereocenters. The predicted octanol–water partition coefficient (Wildman–Crippen LogP) is 3.40. The number of rotatable bonds is 3. The molecule has 0 spiro atoms. The highest BCUT2D eigenvalue weighted by atomic mass is 79.9. The van der Waals surface area contributed by atoms with Gasteiger partial charge in [-0.05, 0) is 46.3 Å². The van der Waals surface area contributed by atoms with Crippen molar-refractivity contribution >= 4 is 43.8 Å². The van der Waals surface area contributed by atoms with Crippen LogP contribution in [0.3, 0.4) is 0 Å². The number of nitrogen functional groups attached to an aromatic ring is 1. The summed E-state index contributed by atoms with van der Waals surface area (Å²) in [5.41, 5.74) is 6.31. The second-order valence-electron chi connectivity index (χ2n) is 3.27. The Morgan fingerprint density at radius 3 is 2.75 bits per heavy atom. The Hall–Kier alpha value is -0.650. The largest absolute Gasteiger partial charge is 0.399 e. The van der Waals surface area contributed by atoms with Crippen molar-refractivity contribution in [2.45, 2.75) is 10.6 Å². The lowest BCUT2D eigenvalue weighted by atomic mass is 10.3. The van der Waals surface area contributed by atoms with Gasteiger partial charge in [0, 0.05) is 15.5 Å². The van der Waals surface area contributed by atoms with Crippen molar-refractivity contribution in [1.82, 2.24) is 0 Å². The first-order valence-corrected chi connectivity index (χ1v) is 7.56. The van der Waals surface area contributed by atoms with Gasteiger partial charge in [0.15, 0.2) is 0 Å². The van der Waals surface area contributed by atoms with Crippen molar-refractivity contribution < 1.29 is 4.21 Å². The smallest absolute Gasteiger partial charge is 0.0701 e. The molecule has 1 aromatic carbocycles. The Bertz CT molecular complexity index is 524. The fourth-order valence-electron chi connectivity index (χ4n) is 1.30. The zero-order valence-electron chi connectivity index (χ0n) is 8.35. The van der Waals surface area contributed by atoms with Gasteiger partial charge >= 0.3 is 0 Å². The number of hydrogen-bond donors (Lipinski definition) is 1. The Labute approximate surface area is 109 Å². The van der Waals surface area contributed by atoms with E-state index in [0.29, 0.717) is 11.4 Å². The van der Waals surface area contributed by atoms with E-state index in [9.17, 15) is 4.21 Å². The molecule has 84 valence electrons. The molecule has 2 rings (SSSR count). The minimum Gasteiger partial charge on any atom is -0.399 e. The van der Waals surface area contributed by atoms with Crippen LogP contribution in [0.25, 0.3) is 0 Å². The summed E-state index contributed by atoms with van der Waals surface area (Å²) in [5, 5.41) is 0. The number of hydrogen-bond acceptors (Lipinski definition) is 3. The van der Waals surface area contributed by atoms with Crippen molar-refractivity contribution in [1.29, 1.82) is 0 Å². The molecule has 1 unspecified atom stereocenters. The fourth-order valence-corrected chi connectivity index (χ4v) is 4.15. The van der Waals surface area contributed by atoms with E-state index >= 15 is 0 Å². The monoisotopic (exact) mass is 315 g/mol. The maximum atomic E-state index is 12.0. The zero-order valence-corrected chi connectivity index (χ0v) is 11.6. The van der Waals surface area contributed by atoms with E-state index in [1.807, 2.05) is 24.3 Å². The molecular weight excluding hydrogens is 306 g/mol. The van der Waals surface area contributed by atoms with Crippen LogP contribution < -0.4 is 5.73 Å². The first-order valence-electron chi connectivity index (χ1n) is 4.63. The van der Waals surface area contributed by atoms with Gasteiger partial charge in [0.1, 0.15) is 0 Å². The SMILES string of the molecule is Nc1cccc(S(=O)Cc2ccc(Br)s2)c1. The number of halogens is 1. The van der Waals surface area contributed by atoms with Crippen LogP contribution in [0.5, 0.6) is 0 Å². The van der Waals surface area contributed by atoms with Gasteiger partial charge in [-0.25, -0.2) is 0 Å². The van der Waals surface area contributed by atoms with E-state index in [2.05, 4.69) is 15.9 Å². The summed E-state index contributed by atoms with van der Waals surface area (Å²) < 4.78 is 13.1. The van der Waals surface area contributed by atoms with Crippen LogP contribution in [0.4, 0.5) is 5.69 Å². The molecule has 16 heavy (non-hydrogen) atoms. The lowest BCUT2D eigenvalue weighted by Gasteiger charge is -2.01. The third-order valence-electron chi connectivity index (χ3n) is 2.02.